The molecule has 1 heterocycles. The van der Waals surface area contributed by atoms with Crippen LogP contribution < -0.4 is 15.4 Å². The zero-order chi connectivity index (χ0) is 18.3. The highest BCUT2D eigenvalue weighted by molar-refractivity contribution is 7.89. The molecule has 1 saturated heterocycles. The number of carbonyl (C=O) groups excluding carboxylic acids is 1. The van der Waals surface area contributed by atoms with Gasteiger partial charge in [0, 0.05) is 19.1 Å². The minimum absolute atomic E-state index is 0.000924. The summed E-state index contributed by atoms with van der Waals surface area (Å²) in [6, 6.07) is 7.50. The summed E-state index contributed by atoms with van der Waals surface area (Å²) in [4.78, 5) is 11.9. The van der Waals surface area contributed by atoms with Crippen molar-refractivity contribution in [1.29, 1.82) is 0 Å². The highest BCUT2D eigenvalue weighted by Gasteiger charge is 2.27. The van der Waals surface area contributed by atoms with Crippen molar-refractivity contribution in [2.24, 2.45) is 0 Å². The minimum Gasteiger partial charge on any atom is -0.492 e. The van der Waals surface area contributed by atoms with E-state index in [1.165, 1.54) is 4.31 Å². The molecule has 2 rings (SSSR count). The van der Waals surface area contributed by atoms with Crippen LogP contribution in [-0.4, -0.2) is 56.8 Å². The smallest absolute Gasteiger partial charge is 0.315 e. The van der Waals surface area contributed by atoms with Gasteiger partial charge < -0.3 is 15.4 Å². The second kappa shape index (κ2) is 9.05. The fourth-order valence-electron chi connectivity index (χ4n) is 2.74. The van der Waals surface area contributed by atoms with Crippen LogP contribution in [-0.2, 0) is 10.0 Å². The third-order valence-electron chi connectivity index (χ3n) is 4.19. The molecule has 1 aromatic carbocycles. The Labute approximate surface area is 149 Å². The molecule has 1 aliphatic heterocycles. The van der Waals surface area contributed by atoms with Gasteiger partial charge in [-0.05, 0) is 44.4 Å². The summed E-state index contributed by atoms with van der Waals surface area (Å²) >= 11 is 0. The number of piperidine rings is 1. The lowest BCUT2D eigenvalue weighted by Gasteiger charge is -2.31. The Balaban J connectivity index is 1.63. The molecule has 2 amide bonds. The number of rotatable bonds is 7. The van der Waals surface area contributed by atoms with Crippen LogP contribution in [0.15, 0.2) is 24.3 Å². The highest BCUT2D eigenvalue weighted by atomic mass is 32.2. The van der Waals surface area contributed by atoms with Crippen molar-refractivity contribution in [3.05, 3.63) is 29.8 Å². The Morgan fingerprint density at radius 1 is 1.32 bits per heavy atom. The number of benzene rings is 1. The molecule has 1 fully saturated rings. The first kappa shape index (κ1) is 19.5. The molecule has 0 aliphatic carbocycles. The van der Waals surface area contributed by atoms with Crippen molar-refractivity contribution >= 4 is 16.1 Å². The van der Waals surface area contributed by atoms with Crippen molar-refractivity contribution in [3.63, 3.8) is 0 Å². The van der Waals surface area contributed by atoms with E-state index in [-0.39, 0.29) is 17.8 Å². The van der Waals surface area contributed by atoms with Gasteiger partial charge in [0.05, 0.1) is 12.3 Å². The molecule has 0 radical (unpaired) electrons. The number of amides is 2. The molecule has 2 N–H and O–H groups in total. The minimum atomic E-state index is -3.13. The number of nitrogens with one attached hydrogen (secondary N) is 2. The molecular weight excluding hydrogens is 342 g/mol. The van der Waals surface area contributed by atoms with Gasteiger partial charge in [0.1, 0.15) is 12.4 Å². The number of sulfonamides is 1. The number of carbonyl (C=O) groups is 1. The fourth-order valence-corrected chi connectivity index (χ4v) is 3.87. The highest BCUT2D eigenvalue weighted by Crippen LogP contribution is 2.14. The number of aryl methyl sites for hydroxylation is 1. The first-order valence-electron chi connectivity index (χ1n) is 8.62. The molecule has 8 heteroatoms. The van der Waals surface area contributed by atoms with Crippen LogP contribution in [0.2, 0.25) is 0 Å². The van der Waals surface area contributed by atoms with Gasteiger partial charge in [-0.1, -0.05) is 12.1 Å². The summed E-state index contributed by atoms with van der Waals surface area (Å²) in [5, 5.41) is 5.65. The van der Waals surface area contributed by atoms with E-state index in [2.05, 4.69) is 10.6 Å². The normalized spacial score (nSPS) is 16.4. The maximum absolute atomic E-state index is 11.9. The topological polar surface area (TPSA) is 87.7 Å². The second-order valence-electron chi connectivity index (χ2n) is 6.14. The molecule has 140 valence electrons. The third kappa shape index (κ3) is 6.21. The van der Waals surface area contributed by atoms with Gasteiger partial charge in [0.2, 0.25) is 10.0 Å². The molecule has 0 aromatic heterocycles. The summed E-state index contributed by atoms with van der Waals surface area (Å²) in [7, 11) is -3.13. The van der Waals surface area contributed by atoms with Gasteiger partial charge in [-0.3, -0.25) is 0 Å². The van der Waals surface area contributed by atoms with E-state index in [1.54, 1.807) is 6.92 Å². The summed E-state index contributed by atoms with van der Waals surface area (Å²) in [6.45, 7) is 5.35. The van der Waals surface area contributed by atoms with Crippen molar-refractivity contribution in [2.45, 2.75) is 32.7 Å². The van der Waals surface area contributed by atoms with Gasteiger partial charge in [0.25, 0.3) is 0 Å². The molecule has 0 saturated carbocycles. The van der Waals surface area contributed by atoms with Crippen LogP contribution in [0.3, 0.4) is 0 Å². The van der Waals surface area contributed by atoms with Crippen LogP contribution in [0.25, 0.3) is 0 Å². The van der Waals surface area contributed by atoms with Crippen LogP contribution >= 0.6 is 0 Å². The number of hydrogen-bond donors (Lipinski definition) is 2. The summed E-state index contributed by atoms with van der Waals surface area (Å²) < 4.78 is 30.7. The molecule has 0 atom stereocenters. The molecule has 0 spiro atoms. The van der Waals surface area contributed by atoms with E-state index in [0.29, 0.717) is 39.1 Å². The van der Waals surface area contributed by atoms with Crippen molar-refractivity contribution in [3.8, 4) is 5.75 Å². The summed E-state index contributed by atoms with van der Waals surface area (Å²) in [5.41, 5.74) is 1.12. The van der Waals surface area contributed by atoms with Gasteiger partial charge in [-0.15, -0.1) is 0 Å². The lowest BCUT2D eigenvalue weighted by Crippen LogP contribution is -2.49. The Morgan fingerprint density at radius 2 is 2.04 bits per heavy atom. The maximum Gasteiger partial charge on any atom is 0.315 e. The molecule has 1 aliphatic rings. The lowest BCUT2D eigenvalue weighted by atomic mass is 10.1. The van der Waals surface area contributed by atoms with E-state index < -0.39 is 10.0 Å². The van der Waals surface area contributed by atoms with Gasteiger partial charge >= 0.3 is 6.03 Å². The molecule has 7 nitrogen and oxygen atoms in total. The standard InChI is InChI=1S/C17H27N3O4S/c1-3-25(22,23)20-10-7-15(8-11-20)19-17(21)18-9-12-24-16-6-4-5-14(2)13-16/h4-6,13,15H,3,7-12H2,1-2H3,(H2,18,19,21). The summed E-state index contributed by atoms with van der Waals surface area (Å²) in [6.07, 6.45) is 1.26. The van der Waals surface area contributed by atoms with Crippen molar-refractivity contribution < 1.29 is 17.9 Å². The Hall–Kier alpha value is -1.80. The van der Waals surface area contributed by atoms with Crippen molar-refractivity contribution in [1.82, 2.24) is 14.9 Å². The predicted octanol–water partition coefficient (Wildman–Crippen LogP) is 1.49. The quantitative estimate of drug-likeness (QED) is 0.713. The van der Waals surface area contributed by atoms with Gasteiger partial charge in [0.15, 0.2) is 0 Å². The average molecular weight is 369 g/mol. The van der Waals surface area contributed by atoms with Crippen LogP contribution in [0, 0.1) is 6.92 Å². The van der Waals surface area contributed by atoms with Gasteiger partial charge in [-0.25, -0.2) is 17.5 Å². The second-order valence-corrected chi connectivity index (χ2v) is 8.40. The van der Waals surface area contributed by atoms with Crippen LogP contribution in [0.5, 0.6) is 5.75 Å². The van der Waals surface area contributed by atoms with E-state index in [0.717, 1.165) is 11.3 Å². The van der Waals surface area contributed by atoms with E-state index in [1.807, 2.05) is 31.2 Å². The van der Waals surface area contributed by atoms with Crippen LogP contribution in [0.1, 0.15) is 25.3 Å². The predicted molar refractivity (Wildman–Crippen MR) is 97.3 cm³/mol. The molecule has 1 aromatic rings. The first-order valence-corrected chi connectivity index (χ1v) is 10.2. The van der Waals surface area contributed by atoms with E-state index in [9.17, 15) is 13.2 Å². The van der Waals surface area contributed by atoms with E-state index >= 15 is 0 Å². The average Bonchev–Trinajstić information content (AvgIpc) is 2.59. The Bertz CT molecular complexity index is 670. The monoisotopic (exact) mass is 369 g/mol. The fraction of sp³-hybridized carbons (Fsp3) is 0.588. The molecule has 25 heavy (non-hydrogen) atoms. The first-order chi connectivity index (χ1) is 11.9. The Morgan fingerprint density at radius 3 is 2.68 bits per heavy atom. The zero-order valence-electron chi connectivity index (χ0n) is 14.8. The number of urea groups is 1. The van der Waals surface area contributed by atoms with E-state index in [4.69, 9.17) is 4.74 Å². The summed E-state index contributed by atoms with van der Waals surface area (Å²) in [5.74, 6) is 0.902. The third-order valence-corrected chi connectivity index (χ3v) is 6.07. The molecular formula is C17H27N3O4S. The largest absolute Gasteiger partial charge is 0.492 e. The number of ether oxygens (including phenoxy) is 1. The lowest BCUT2D eigenvalue weighted by molar-refractivity contribution is 0.224. The van der Waals surface area contributed by atoms with Crippen molar-refractivity contribution in [2.75, 3.05) is 32.0 Å². The molecule has 0 bridgehead atoms. The van der Waals surface area contributed by atoms with Gasteiger partial charge in [-0.2, -0.15) is 0 Å². The SMILES string of the molecule is CCS(=O)(=O)N1CCC(NC(=O)NCCOc2cccc(C)c2)CC1. The number of nitrogens with zero attached hydrogens (tertiary/aromatic N) is 1. The van der Waals surface area contributed by atoms with Crippen LogP contribution in [0.4, 0.5) is 4.79 Å². The number of hydrogen-bond acceptors (Lipinski definition) is 4. The zero-order valence-corrected chi connectivity index (χ0v) is 15.6. The molecule has 0 unspecified atom stereocenters. The maximum atomic E-state index is 11.9. The Kier molecular flexibility index (Phi) is 7.07.